The third-order valence-corrected chi connectivity index (χ3v) is 4.19. The number of para-hydroxylation sites is 1. The van der Waals surface area contributed by atoms with E-state index in [0.717, 1.165) is 18.5 Å². The summed E-state index contributed by atoms with van der Waals surface area (Å²) in [6, 6.07) is 9.52. The Hall–Kier alpha value is -2.73. The van der Waals surface area contributed by atoms with Crippen molar-refractivity contribution in [1.82, 2.24) is 10.3 Å². The molecule has 2 amide bonds. The number of fused-ring (bicyclic) bond motifs is 1. The number of aryl methyl sites for hydroxylation is 1. The van der Waals surface area contributed by atoms with Crippen molar-refractivity contribution in [3.63, 3.8) is 0 Å². The largest absolute Gasteiger partial charge is 0.383 e. The summed E-state index contributed by atoms with van der Waals surface area (Å²) >= 11 is 0. The number of aromatic nitrogens is 1. The first kappa shape index (κ1) is 17.1. The lowest BCUT2D eigenvalue weighted by atomic mass is 10.0. The normalized spacial score (nSPS) is 13.2. The number of carbonyl (C=O) groups excluding carboxylic acids is 2. The van der Waals surface area contributed by atoms with Crippen molar-refractivity contribution in [2.24, 2.45) is 0 Å². The van der Waals surface area contributed by atoms with E-state index in [1.165, 1.54) is 18.0 Å². The number of pyridine rings is 1. The van der Waals surface area contributed by atoms with Gasteiger partial charge < -0.3 is 15.0 Å². The predicted molar refractivity (Wildman–Crippen MR) is 94.9 cm³/mol. The molecule has 0 fully saturated rings. The smallest absolute Gasteiger partial charge is 0.259 e. The van der Waals surface area contributed by atoms with Gasteiger partial charge in [0.1, 0.15) is 0 Å². The Morgan fingerprint density at radius 2 is 2.04 bits per heavy atom. The quantitative estimate of drug-likeness (QED) is 0.847. The maximum atomic E-state index is 12.9. The number of hydrogen-bond acceptors (Lipinski definition) is 4. The van der Waals surface area contributed by atoms with Crippen molar-refractivity contribution in [1.29, 1.82) is 0 Å². The molecule has 25 heavy (non-hydrogen) atoms. The minimum absolute atomic E-state index is 0.133. The predicted octanol–water partition coefficient (Wildman–Crippen LogP) is 2.05. The second-order valence-electron chi connectivity index (χ2n) is 5.90. The van der Waals surface area contributed by atoms with E-state index in [9.17, 15) is 9.59 Å². The molecule has 3 rings (SSSR count). The number of methoxy groups -OCH3 is 1. The number of ether oxygens (including phenoxy) is 1. The second kappa shape index (κ2) is 7.90. The van der Waals surface area contributed by atoms with Gasteiger partial charge in [-0.1, -0.05) is 18.2 Å². The number of carbonyl (C=O) groups is 2. The van der Waals surface area contributed by atoms with Crippen LogP contribution in [0.2, 0.25) is 0 Å². The van der Waals surface area contributed by atoms with Crippen LogP contribution in [0, 0.1) is 0 Å². The Balaban J connectivity index is 1.80. The van der Waals surface area contributed by atoms with Gasteiger partial charge >= 0.3 is 0 Å². The lowest BCUT2D eigenvalue weighted by Crippen LogP contribution is -2.35. The molecular weight excluding hydrogens is 318 g/mol. The fourth-order valence-corrected chi connectivity index (χ4v) is 2.95. The van der Waals surface area contributed by atoms with Crippen molar-refractivity contribution < 1.29 is 14.3 Å². The van der Waals surface area contributed by atoms with Gasteiger partial charge in [0.25, 0.3) is 11.8 Å². The summed E-state index contributed by atoms with van der Waals surface area (Å²) in [5.74, 6) is -0.399. The molecule has 0 radical (unpaired) electrons. The lowest BCUT2D eigenvalue weighted by molar-refractivity contribution is 0.0936. The second-order valence-corrected chi connectivity index (χ2v) is 5.90. The number of nitrogens with one attached hydrogen (secondary N) is 1. The Labute approximate surface area is 146 Å². The molecule has 0 atom stereocenters. The van der Waals surface area contributed by atoms with Gasteiger partial charge in [-0.15, -0.1) is 0 Å². The van der Waals surface area contributed by atoms with Crippen molar-refractivity contribution in [3.05, 3.63) is 59.4 Å². The fourth-order valence-electron chi connectivity index (χ4n) is 2.95. The van der Waals surface area contributed by atoms with Crippen LogP contribution in [-0.2, 0) is 11.2 Å². The highest BCUT2D eigenvalue weighted by molar-refractivity contribution is 6.08. The summed E-state index contributed by atoms with van der Waals surface area (Å²) in [5.41, 5.74) is 2.89. The highest BCUT2D eigenvalue weighted by Crippen LogP contribution is 2.28. The maximum absolute atomic E-state index is 12.9. The standard InChI is InChI=1S/C19H21N3O3/c1-25-10-8-21-18(23)15-11-16(13-20-12-15)19(24)22-9-4-6-14-5-2-3-7-17(14)22/h2-3,5,7,11-13H,4,6,8-10H2,1H3,(H,21,23). The zero-order chi connectivity index (χ0) is 17.6. The van der Waals surface area contributed by atoms with Crippen LogP contribution in [0.3, 0.4) is 0 Å². The summed E-state index contributed by atoms with van der Waals surface area (Å²) in [6.07, 6.45) is 4.86. The van der Waals surface area contributed by atoms with Gasteiger partial charge in [-0.3, -0.25) is 14.6 Å². The zero-order valence-corrected chi connectivity index (χ0v) is 14.2. The third kappa shape index (κ3) is 3.85. The Morgan fingerprint density at radius 3 is 2.88 bits per heavy atom. The number of rotatable bonds is 5. The topological polar surface area (TPSA) is 71.5 Å². The highest BCUT2D eigenvalue weighted by atomic mass is 16.5. The van der Waals surface area contributed by atoms with Crippen LogP contribution in [-0.4, -0.2) is 43.6 Å². The summed E-state index contributed by atoms with van der Waals surface area (Å²) in [7, 11) is 1.57. The van der Waals surface area contributed by atoms with Gasteiger partial charge in [-0.05, 0) is 30.5 Å². The van der Waals surface area contributed by atoms with Crippen molar-refractivity contribution in [2.45, 2.75) is 12.8 Å². The first-order chi connectivity index (χ1) is 12.2. The van der Waals surface area contributed by atoms with Gasteiger partial charge in [0.05, 0.1) is 17.7 Å². The SMILES string of the molecule is COCCNC(=O)c1cncc(C(=O)N2CCCc3ccccc32)c1. The number of hydrogen-bond donors (Lipinski definition) is 1. The molecule has 6 nitrogen and oxygen atoms in total. The number of anilines is 1. The van der Waals surface area contributed by atoms with E-state index < -0.39 is 0 Å². The third-order valence-electron chi connectivity index (χ3n) is 4.19. The molecule has 1 aliphatic rings. The maximum Gasteiger partial charge on any atom is 0.259 e. The van der Waals surface area contributed by atoms with Gasteiger partial charge in [0, 0.05) is 38.3 Å². The van der Waals surface area contributed by atoms with Crippen LogP contribution in [0.5, 0.6) is 0 Å². The lowest BCUT2D eigenvalue weighted by Gasteiger charge is -2.29. The summed E-state index contributed by atoms with van der Waals surface area (Å²) < 4.78 is 4.91. The van der Waals surface area contributed by atoms with E-state index in [4.69, 9.17) is 4.74 Å². The molecule has 0 aliphatic carbocycles. The summed E-state index contributed by atoms with van der Waals surface area (Å²) in [6.45, 7) is 1.51. The molecule has 0 unspecified atom stereocenters. The van der Waals surface area contributed by atoms with E-state index in [-0.39, 0.29) is 11.8 Å². The van der Waals surface area contributed by atoms with E-state index in [1.54, 1.807) is 18.1 Å². The van der Waals surface area contributed by atoms with Crippen LogP contribution in [0.4, 0.5) is 5.69 Å². The van der Waals surface area contributed by atoms with Gasteiger partial charge in [-0.2, -0.15) is 0 Å². The average Bonchev–Trinajstić information content (AvgIpc) is 2.67. The number of nitrogens with zero attached hydrogens (tertiary/aromatic N) is 2. The number of benzene rings is 1. The molecule has 2 heterocycles. The fraction of sp³-hybridized carbons (Fsp3) is 0.316. The van der Waals surface area contributed by atoms with Crippen molar-refractivity contribution in [2.75, 3.05) is 31.7 Å². The molecule has 2 aromatic rings. The molecule has 0 saturated carbocycles. The molecule has 1 aliphatic heterocycles. The molecule has 6 heteroatoms. The minimum Gasteiger partial charge on any atom is -0.383 e. The monoisotopic (exact) mass is 339 g/mol. The van der Waals surface area contributed by atoms with Crippen molar-refractivity contribution in [3.8, 4) is 0 Å². The average molecular weight is 339 g/mol. The van der Waals surface area contributed by atoms with Crippen LogP contribution in [0.25, 0.3) is 0 Å². The van der Waals surface area contributed by atoms with Crippen LogP contribution < -0.4 is 10.2 Å². The minimum atomic E-state index is -0.266. The van der Waals surface area contributed by atoms with E-state index in [0.29, 0.717) is 30.8 Å². The van der Waals surface area contributed by atoms with E-state index in [2.05, 4.69) is 10.3 Å². The highest BCUT2D eigenvalue weighted by Gasteiger charge is 2.24. The summed E-state index contributed by atoms with van der Waals surface area (Å²) in [5, 5.41) is 2.73. The molecule has 130 valence electrons. The Morgan fingerprint density at radius 1 is 1.24 bits per heavy atom. The molecule has 1 aromatic carbocycles. The molecular formula is C19H21N3O3. The first-order valence-electron chi connectivity index (χ1n) is 8.32. The van der Waals surface area contributed by atoms with Gasteiger partial charge in [-0.25, -0.2) is 0 Å². The van der Waals surface area contributed by atoms with Crippen LogP contribution >= 0.6 is 0 Å². The molecule has 0 spiro atoms. The summed E-state index contributed by atoms with van der Waals surface area (Å²) in [4.78, 5) is 30.9. The zero-order valence-electron chi connectivity index (χ0n) is 14.2. The van der Waals surface area contributed by atoms with Gasteiger partial charge in [0.2, 0.25) is 0 Å². The van der Waals surface area contributed by atoms with Crippen LogP contribution in [0.1, 0.15) is 32.7 Å². The van der Waals surface area contributed by atoms with Gasteiger partial charge in [0.15, 0.2) is 0 Å². The molecule has 1 aromatic heterocycles. The van der Waals surface area contributed by atoms with Crippen LogP contribution in [0.15, 0.2) is 42.7 Å². The molecule has 1 N–H and O–H groups in total. The Kier molecular flexibility index (Phi) is 5.40. The Bertz CT molecular complexity index is 776. The van der Waals surface area contributed by atoms with E-state index in [1.807, 2.05) is 24.3 Å². The molecule has 0 saturated heterocycles. The molecule has 0 bridgehead atoms. The van der Waals surface area contributed by atoms with Crippen molar-refractivity contribution >= 4 is 17.5 Å². The number of amides is 2. The van der Waals surface area contributed by atoms with E-state index >= 15 is 0 Å². The first-order valence-corrected chi connectivity index (χ1v) is 8.32.